The maximum Gasteiger partial charge on any atom is 0.177 e. The van der Waals surface area contributed by atoms with Crippen LogP contribution in [-0.4, -0.2) is 41.9 Å². The summed E-state index contributed by atoms with van der Waals surface area (Å²) in [6, 6.07) is 4.78. The van der Waals surface area contributed by atoms with E-state index in [0.717, 1.165) is 44.7 Å². The number of hydrogen-bond acceptors (Lipinski definition) is 5. The second kappa shape index (κ2) is 7.04. The van der Waals surface area contributed by atoms with Crippen molar-refractivity contribution in [3.63, 3.8) is 0 Å². The van der Waals surface area contributed by atoms with Crippen LogP contribution in [0.1, 0.15) is 39.5 Å². The van der Waals surface area contributed by atoms with Crippen molar-refractivity contribution in [1.82, 2.24) is 0 Å². The standard InChI is InChI=1S/C17H27NO4S2/c1-13(2)7-8-14-6-5-11-18(14)16-10-9-15(23(3,19)20)12-17(16)24(4,21)22/h9-10,12-14H,5-8,11H2,1-4H3. The van der Waals surface area contributed by atoms with E-state index < -0.39 is 19.7 Å². The lowest BCUT2D eigenvalue weighted by molar-refractivity contribution is 0.494. The van der Waals surface area contributed by atoms with Crippen molar-refractivity contribution in [2.24, 2.45) is 5.92 Å². The maximum absolute atomic E-state index is 12.2. The molecule has 1 saturated heterocycles. The van der Waals surface area contributed by atoms with Crippen LogP contribution in [0.15, 0.2) is 28.0 Å². The Morgan fingerprint density at radius 2 is 1.79 bits per heavy atom. The van der Waals surface area contributed by atoms with E-state index in [1.54, 1.807) is 6.07 Å². The molecule has 0 aromatic heterocycles. The predicted molar refractivity (Wildman–Crippen MR) is 97.1 cm³/mol. The van der Waals surface area contributed by atoms with Crippen LogP contribution in [0.25, 0.3) is 0 Å². The van der Waals surface area contributed by atoms with Gasteiger partial charge in [0.05, 0.1) is 15.5 Å². The monoisotopic (exact) mass is 373 g/mol. The Hall–Kier alpha value is -1.08. The minimum atomic E-state index is -3.51. The normalized spacial score (nSPS) is 19.2. The lowest BCUT2D eigenvalue weighted by Crippen LogP contribution is -2.30. The first-order valence-corrected chi connectivity index (χ1v) is 12.1. The van der Waals surface area contributed by atoms with Crippen molar-refractivity contribution in [1.29, 1.82) is 0 Å². The van der Waals surface area contributed by atoms with Gasteiger partial charge in [-0.05, 0) is 49.8 Å². The van der Waals surface area contributed by atoms with Gasteiger partial charge in [0.2, 0.25) is 0 Å². The van der Waals surface area contributed by atoms with E-state index in [1.807, 2.05) is 0 Å². The first kappa shape index (κ1) is 19.2. The zero-order chi connectivity index (χ0) is 18.1. The Labute approximate surface area is 145 Å². The Morgan fingerprint density at radius 1 is 1.12 bits per heavy atom. The van der Waals surface area contributed by atoms with Crippen LogP contribution >= 0.6 is 0 Å². The molecular weight excluding hydrogens is 346 g/mol. The minimum Gasteiger partial charge on any atom is -0.367 e. The number of hydrogen-bond donors (Lipinski definition) is 0. The van der Waals surface area contributed by atoms with Gasteiger partial charge in [-0.3, -0.25) is 0 Å². The highest BCUT2D eigenvalue weighted by molar-refractivity contribution is 7.91. The van der Waals surface area contributed by atoms with Crippen LogP contribution in [0, 0.1) is 5.92 Å². The third-order valence-electron chi connectivity index (χ3n) is 4.52. The molecule has 24 heavy (non-hydrogen) atoms. The summed E-state index contributed by atoms with van der Waals surface area (Å²) in [6.07, 6.45) is 6.42. The summed E-state index contributed by atoms with van der Waals surface area (Å²) in [5, 5.41) is 0. The SMILES string of the molecule is CC(C)CCC1CCCN1c1ccc(S(C)(=O)=O)cc1S(C)(=O)=O. The van der Waals surface area contributed by atoms with E-state index >= 15 is 0 Å². The smallest absolute Gasteiger partial charge is 0.177 e. The quantitative estimate of drug-likeness (QED) is 0.767. The van der Waals surface area contributed by atoms with Gasteiger partial charge in [0.1, 0.15) is 0 Å². The minimum absolute atomic E-state index is 0.0459. The molecule has 1 aliphatic rings. The highest BCUT2D eigenvalue weighted by Crippen LogP contribution is 2.35. The highest BCUT2D eigenvalue weighted by Gasteiger charge is 2.29. The Balaban J connectivity index is 2.45. The second-order valence-corrected chi connectivity index (χ2v) is 11.1. The molecule has 1 atom stereocenters. The third kappa shape index (κ3) is 4.51. The van der Waals surface area contributed by atoms with Gasteiger partial charge in [-0.25, -0.2) is 16.8 Å². The molecule has 0 aliphatic carbocycles. The van der Waals surface area contributed by atoms with Gasteiger partial charge in [-0.1, -0.05) is 13.8 Å². The second-order valence-electron chi connectivity index (χ2n) is 7.13. The molecular formula is C17H27NO4S2. The summed E-state index contributed by atoms with van der Waals surface area (Å²) in [6.45, 7) is 5.17. The summed E-state index contributed by atoms with van der Waals surface area (Å²) < 4.78 is 48.0. The van der Waals surface area contributed by atoms with Crippen molar-refractivity contribution in [3.8, 4) is 0 Å². The zero-order valence-corrected chi connectivity index (χ0v) is 16.5. The van der Waals surface area contributed by atoms with E-state index in [2.05, 4.69) is 18.7 Å². The number of rotatable bonds is 6. The van der Waals surface area contributed by atoms with Crippen molar-refractivity contribution < 1.29 is 16.8 Å². The van der Waals surface area contributed by atoms with Gasteiger partial charge in [0, 0.05) is 25.1 Å². The Bertz CT molecular complexity index is 798. The van der Waals surface area contributed by atoms with Crippen LogP contribution in [0.3, 0.4) is 0 Å². The fraction of sp³-hybridized carbons (Fsp3) is 0.647. The van der Waals surface area contributed by atoms with Gasteiger partial charge >= 0.3 is 0 Å². The summed E-state index contributed by atoms with van der Waals surface area (Å²) >= 11 is 0. The molecule has 1 heterocycles. The summed E-state index contributed by atoms with van der Waals surface area (Å²) in [4.78, 5) is 2.30. The number of sulfone groups is 2. The fourth-order valence-electron chi connectivity index (χ4n) is 3.24. The molecule has 136 valence electrons. The van der Waals surface area contributed by atoms with Gasteiger partial charge in [0.25, 0.3) is 0 Å². The molecule has 1 fully saturated rings. The predicted octanol–water partition coefficient (Wildman–Crippen LogP) is 2.90. The average Bonchev–Trinajstić information content (AvgIpc) is 2.90. The fourth-order valence-corrected chi connectivity index (χ4v) is 4.87. The van der Waals surface area contributed by atoms with Crippen LogP contribution in [-0.2, 0) is 19.7 Å². The molecule has 1 unspecified atom stereocenters. The van der Waals surface area contributed by atoms with Gasteiger partial charge in [-0.2, -0.15) is 0 Å². The van der Waals surface area contributed by atoms with E-state index in [4.69, 9.17) is 0 Å². The first-order chi connectivity index (χ1) is 11.0. The third-order valence-corrected chi connectivity index (χ3v) is 6.76. The van der Waals surface area contributed by atoms with E-state index in [9.17, 15) is 16.8 Å². The Kier molecular flexibility index (Phi) is 5.64. The molecule has 2 rings (SSSR count). The molecule has 1 aliphatic heterocycles. The van der Waals surface area contributed by atoms with Crippen molar-refractivity contribution in [2.75, 3.05) is 24.0 Å². The number of nitrogens with zero attached hydrogens (tertiary/aromatic N) is 1. The first-order valence-electron chi connectivity index (χ1n) is 8.31. The van der Waals surface area contributed by atoms with Crippen molar-refractivity contribution >= 4 is 25.4 Å². The largest absolute Gasteiger partial charge is 0.367 e. The maximum atomic E-state index is 12.2. The van der Waals surface area contributed by atoms with Crippen molar-refractivity contribution in [2.45, 2.75) is 55.4 Å². The molecule has 0 saturated carbocycles. The molecule has 0 amide bonds. The molecule has 1 aromatic carbocycles. The molecule has 0 N–H and O–H groups in total. The molecule has 0 bridgehead atoms. The van der Waals surface area contributed by atoms with Crippen LogP contribution in [0.5, 0.6) is 0 Å². The van der Waals surface area contributed by atoms with Gasteiger partial charge < -0.3 is 4.90 Å². The van der Waals surface area contributed by atoms with Gasteiger partial charge in [0.15, 0.2) is 19.7 Å². The lowest BCUT2D eigenvalue weighted by Gasteiger charge is -2.29. The summed E-state index contributed by atoms with van der Waals surface area (Å²) in [5.41, 5.74) is 0.635. The van der Waals surface area contributed by atoms with Crippen LogP contribution in [0.4, 0.5) is 5.69 Å². The van der Waals surface area contributed by atoms with E-state index in [-0.39, 0.29) is 9.79 Å². The van der Waals surface area contributed by atoms with Crippen LogP contribution < -0.4 is 4.90 Å². The molecule has 0 radical (unpaired) electrons. The summed E-state index contributed by atoms with van der Waals surface area (Å²) in [7, 11) is -6.96. The average molecular weight is 374 g/mol. The highest BCUT2D eigenvalue weighted by atomic mass is 32.2. The molecule has 1 aromatic rings. The van der Waals surface area contributed by atoms with E-state index in [1.165, 1.54) is 12.1 Å². The topological polar surface area (TPSA) is 71.5 Å². The Morgan fingerprint density at radius 3 is 2.33 bits per heavy atom. The number of benzene rings is 1. The molecule has 0 spiro atoms. The summed E-state index contributed by atoms with van der Waals surface area (Å²) in [5.74, 6) is 0.606. The lowest BCUT2D eigenvalue weighted by atomic mass is 10.0. The van der Waals surface area contributed by atoms with Gasteiger partial charge in [-0.15, -0.1) is 0 Å². The molecule has 7 heteroatoms. The zero-order valence-electron chi connectivity index (χ0n) is 14.8. The van der Waals surface area contributed by atoms with Crippen molar-refractivity contribution in [3.05, 3.63) is 18.2 Å². The molecule has 5 nitrogen and oxygen atoms in total. The van der Waals surface area contributed by atoms with E-state index in [0.29, 0.717) is 17.6 Å². The van der Waals surface area contributed by atoms with Crippen LogP contribution in [0.2, 0.25) is 0 Å². The number of anilines is 1.